The molecule has 39 heavy (non-hydrogen) atoms. The number of amides is 2. The van der Waals surface area contributed by atoms with Crippen LogP contribution in [0.5, 0.6) is 5.75 Å². The molecule has 3 aromatic rings. The first-order valence-electron chi connectivity index (χ1n) is 12.8. The fourth-order valence-electron chi connectivity index (χ4n) is 5.94. The Balaban J connectivity index is 1.36. The number of carbonyl (C=O) groups is 2. The van der Waals surface area contributed by atoms with Crippen LogP contribution in [0.4, 0.5) is 13.2 Å². The normalized spacial score (nSPS) is 17.7. The number of piperidine rings is 1. The third kappa shape index (κ3) is 4.76. The van der Waals surface area contributed by atoms with Crippen molar-refractivity contribution in [3.8, 4) is 5.75 Å². The lowest BCUT2D eigenvalue weighted by atomic mass is 9.73. The number of carbonyl (C=O) groups excluding carboxylic acids is 2. The van der Waals surface area contributed by atoms with Gasteiger partial charge in [0.05, 0.1) is 25.3 Å². The third-order valence-corrected chi connectivity index (χ3v) is 8.03. The lowest BCUT2D eigenvalue weighted by Crippen LogP contribution is -2.44. The molecule has 0 radical (unpaired) electrons. The molecule has 6 nitrogen and oxygen atoms in total. The summed E-state index contributed by atoms with van der Waals surface area (Å²) in [5.41, 5.74) is 3.07. The van der Waals surface area contributed by atoms with E-state index in [1.807, 2.05) is 19.1 Å². The summed E-state index contributed by atoms with van der Waals surface area (Å²) in [6, 6.07) is 11.9. The Kier molecular flexibility index (Phi) is 7.11. The number of methoxy groups -OCH3 is 1. The Morgan fingerprint density at radius 1 is 1.05 bits per heavy atom. The molecule has 1 heterocycles. The number of rotatable bonds is 5. The first-order valence-corrected chi connectivity index (χ1v) is 12.8. The summed E-state index contributed by atoms with van der Waals surface area (Å²) >= 11 is 0. The van der Waals surface area contributed by atoms with Gasteiger partial charge < -0.3 is 20.1 Å². The fourth-order valence-corrected chi connectivity index (χ4v) is 5.94. The number of aliphatic hydroxyl groups excluding tert-OH is 1. The van der Waals surface area contributed by atoms with Crippen molar-refractivity contribution in [1.29, 1.82) is 0 Å². The smallest absolute Gasteiger partial charge is 0.255 e. The number of aliphatic hydroxyl groups is 1. The van der Waals surface area contributed by atoms with Crippen molar-refractivity contribution >= 4 is 11.8 Å². The van der Waals surface area contributed by atoms with Gasteiger partial charge in [-0.25, -0.2) is 8.78 Å². The first kappa shape index (κ1) is 26.7. The second-order valence-corrected chi connectivity index (χ2v) is 10.3. The van der Waals surface area contributed by atoms with Crippen LogP contribution >= 0.6 is 0 Å². The maximum atomic E-state index is 14.3. The second-order valence-electron chi connectivity index (χ2n) is 10.3. The van der Waals surface area contributed by atoms with Gasteiger partial charge in [-0.05, 0) is 61.6 Å². The second kappa shape index (κ2) is 10.4. The quantitative estimate of drug-likeness (QED) is 0.481. The number of nitrogens with one attached hydrogen (secondary N) is 1. The predicted octanol–water partition coefficient (Wildman–Crippen LogP) is 4.96. The van der Waals surface area contributed by atoms with Crippen molar-refractivity contribution in [2.24, 2.45) is 0 Å². The van der Waals surface area contributed by atoms with Crippen molar-refractivity contribution in [2.75, 3.05) is 20.2 Å². The Morgan fingerprint density at radius 3 is 2.46 bits per heavy atom. The average Bonchev–Trinajstić information content (AvgIpc) is 3.21. The molecule has 2 aliphatic rings. The van der Waals surface area contributed by atoms with Crippen molar-refractivity contribution in [2.45, 2.75) is 44.2 Å². The van der Waals surface area contributed by atoms with Crippen LogP contribution in [0.2, 0.25) is 0 Å². The van der Waals surface area contributed by atoms with Crippen molar-refractivity contribution in [3.05, 3.63) is 99.4 Å². The standard InChI is InChI=1S/C30H29F3N2O4/c1-17-3-7-22-21(13-17)25(34-28(37)20-6-8-23(31)26(33)27(20)39-2)15-30(22)9-11-35(12-10-30)29(38)18-4-5-19(16-36)24(32)14-18/h3-8,13-14,25,36H,9-12,15-16H2,1-2H3,(H,34,37). The maximum absolute atomic E-state index is 14.3. The fraction of sp³-hybridized carbons (Fsp3) is 0.333. The van der Waals surface area contributed by atoms with E-state index >= 15 is 0 Å². The van der Waals surface area contributed by atoms with E-state index in [-0.39, 0.29) is 34.1 Å². The topological polar surface area (TPSA) is 78.9 Å². The van der Waals surface area contributed by atoms with Gasteiger partial charge in [0, 0.05) is 29.6 Å². The third-order valence-electron chi connectivity index (χ3n) is 8.03. The Bertz CT molecular complexity index is 1450. The van der Waals surface area contributed by atoms with Crippen LogP contribution in [0.25, 0.3) is 0 Å². The molecule has 1 atom stereocenters. The van der Waals surface area contributed by atoms with E-state index in [0.29, 0.717) is 32.4 Å². The van der Waals surface area contributed by atoms with Crippen LogP contribution in [0.1, 0.15) is 68.3 Å². The zero-order chi connectivity index (χ0) is 27.9. The molecule has 1 saturated heterocycles. The van der Waals surface area contributed by atoms with E-state index in [2.05, 4.69) is 11.4 Å². The molecule has 1 spiro atoms. The largest absolute Gasteiger partial charge is 0.493 e. The summed E-state index contributed by atoms with van der Waals surface area (Å²) in [5, 5.41) is 12.2. The molecular weight excluding hydrogens is 509 g/mol. The molecule has 0 bridgehead atoms. The van der Waals surface area contributed by atoms with Crippen LogP contribution in [-0.4, -0.2) is 42.0 Å². The van der Waals surface area contributed by atoms with Crippen LogP contribution < -0.4 is 10.1 Å². The van der Waals surface area contributed by atoms with E-state index in [0.717, 1.165) is 28.8 Å². The molecule has 2 amide bonds. The van der Waals surface area contributed by atoms with Gasteiger partial charge >= 0.3 is 0 Å². The molecule has 1 unspecified atom stereocenters. The van der Waals surface area contributed by atoms with Crippen LogP contribution in [0, 0.1) is 24.4 Å². The lowest BCUT2D eigenvalue weighted by molar-refractivity contribution is 0.0660. The molecule has 204 valence electrons. The Labute approximate surface area is 224 Å². The van der Waals surface area contributed by atoms with E-state index < -0.39 is 35.7 Å². The van der Waals surface area contributed by atoms with Gasteiger partial charge in [0.2, 0.25) is 5.82 Å². The Morgan fingerprint density at radius 2 is 1.79 bits per heavy atom. The summed E-state index contributed by atoms with van der Waals surface area (Å²) in [6.45, 7) is 2.43. The summed E-state index contributed by atoms with van der Waals surface area (Å²) < 4.78 is 47.1. The van der Waals surface area contributed by atoms with E-state index in [4.69, 9.17) is 4.74 Å². The highest BCUT2D eigenvalue weighted by molar-refractivity contribution is 5.97. The van der Waals surface area contributed by atoms with Crippen molar-refractivity contribution in [3.63, 3.8) is 0 Å². The molecular formula is C30H29F3N2O4. The Hall–Kier alpha value is -3.85. The zero-order valence-electron chi connectivity index (χ0n) is 21.7. The van der Waals surface area contributed by atoms with Crippen molar-refractivity contribution < 1.29 is 32.6 Å². The number of benzene rings is 3. The number of nitrogens with zero attached hydrogens (tertiary/aromatic N) is 1. The first-order chi connectivity index (χ1) is 18.7. The van der Waals surface area contributed by atoms with Gasteiger partial charge in [-0.2, -0.15) is 4.39 Å². The van der Waals surface area contributed by atoms with Gasteiger partial charge in [0.15, 0.2) is 11.6 Å². The molecule has 2 N–H and O–H groups in total. The summed E-state index contributed by atoms with van der Waals surface area (Å²) in [7, 11) is 1.18. The van der Waals surface area contributed by atoms with Gasteiger partial charge in [0.1, 0.15) is 5.82 Å². The number of likely N-dealkylation sites (tertiary alicyclic amines) is 1. The molecule has 1 fully saturated rings. The number of hydrogen-bond donors (Lipinski definition) is 2. The minimum atomic E-state index is -1.22. The minimum Gasteiger partial charge on any atom is -0.493 e. The van der Waals surface area contributed by atoms with Crippen LogP contribution in [-0.2, 0) is 12.0 Å². The number of ether oxygens (including phenoxy) is 1. The minimum absolute atomic E-state index is 0.0913. The molecule has 0 aromatic heterocycles. The molecule has 5 rings (SSSR count). The van der Waals surface area contributed by atoms with Crippen LogP contribution in [0.15, 0.2) is 48.5 Å². The van der Waals surface area contributed by atoms with E-state index in [9.17, 15) is 27.9 Å². The summed E-state index contributed by atoms with van der Waals surface area (Å²) in [6.07, 6.45) is 1.88. The van der Waals surface area contributed by atoms with Crippen LogP contribution in [0.3, 0.4) is 0 Å². The zero-order valence-corrected chi connectivity index (χ0v) is 21.7. The number of hydrogen-bond acceptors (Lipinski definition) is 4. The highest BCUT2D eigenvalue weighted by Crippen LogP contribution is 2.51. The molecule has 3 aromatic carbocycles. The molecule has 0 saturated carbocycles. The summed E-state index contributed by atoms with van der Waals surface area (Å²) in [4.78, 5) is 28.0. The molecule has 1 aliphatic carbocycles. The predicted molar refractivity (Wildman–Crippen MR) is 138 cm³/mol. The van der Waals surface area contributed by atoms with Crippen molar-refractivity contribution in [1.82, 2.24) is 10.2 Å². The van der Waals surface area contributed by atoms with E-state index in [1.165, 1.54) is 25.3 Å². The maximum Gasteiger partial charge on any atom is 0.255 e. The molecule has 1 aliphatic heterocycles. The highest BCUT2D eigenvalue weighted by Gasteiger charge is 2.46. The highest BCUT2D eigenvalue weighted by atomic mass is 19.2. The number of aryl methyl sites for hydroxylation is 1. The average molecular weight is 539 g/mol. The van der Waals surface area contributed by atoms with Gasteiger partial charge in [-0.15, -0.1) is 0 Å². The van der Waals surface area contributed by atoms with Gasteiger partial charge in [0.25, 0.3) is 11.8 Å². The number of fused-ring (bicyclic) bond motifs is 2. The number of halogens is 3. The van der Waals surface area contributed by atoms with Gasteiger partial charge in [-0.3, -0.25) is 9.59 Å². The lowest BCUT2D eigenvalue weighted by Gasteiger charge is -2.40. The summed E-state index contributed by atoms with van der Waals surface area (Å²) in [5.74, 6) is -4.22. The SMILES string of the molecule is COc1c(C(=O)NC2CC3(CCN(C(=O)c4ccc(CO)c(F)c4)CC3)c3ccc(C)cc32)ccc(F)c1F. The molecule has 9 heteroatoms. The van der Waals surface area contributed by atoms with Gasteiger partial charge in [-0.1, -0.05) is 29.8 Å². The van der Waals surface area contributed by atoms with E-state index in [1.54, 1.807) is 4.90 Å². The monoisotopic (exact) mass is 538 g/mol.